The standard InChI is InChI=1S/C15H21N5O4S/c1-11-9-12(17-24-11)10-20(25(3,22)23)13-5-4-8-19(15(13)21)14-6-7-16-18(14)2/h6-7,9,13H,4-5,8,10H2,1-3H3/t13-/m1/s1. The summed E-state index contributed by atoms with van der Waals surface area (Å²) in [5.41, 5.74) is 0.480. The Morgan fingerprint density at radius 3 is 2.76 bits per heavy atom. The van der Waals surface area contributed by atoms with Crippen molar-refractivity contribution in [1.29, 1.82) is 0 Å². The third kappa shape index (κ3) is 3.59. The summed E-state index contributed by atoms with van der Waals surface area (Å²) >= 11 is 0. The van der Waals surface area contributed by atoms with Gasteiger partial charge in [-0.1, -0.05) is 5.16 Å². The number of aromatic nitrogens is 3. The summed E-state index contributed by atoms with van der Waals surface area (Å²) in [6.45, 7) is 2.28. The first-order valence-corrected chi connectivity index (χ1v) is 9.80. The van der Waals surface area contributed by atoms with Crippen molar-refractivity contribution in [2.24, 2.45) is 7.05 Å². The van der Waals surface area contributed by atoms with Gasteiger partial charge in [0.25, 0.3) is 0 Å². The Bertz CT molecular complexity index is 872. The van der Waals surface area contributed by atoms with Crippen molar-refractivity contribution in [3.63, 3.8) is 0 Å². The molecule has 1 amide bonds. The lowest BCUT2D eigenvalue weighted by atomic mass is 10.0. The predicted octanol–water partition coefficient (Wildman–Crippen LogP) is 0.674. The number of aryl methyl sites for hydroxylation is 2. The van der Waals surface area contributed by atoms with Gasteiger partial charge in [0.2, 0.25) is 15.9 Å². The molecule has 0 unspecified atom stereocenters. The molecule has 1 atom stereocenters. The zero-order chi connectivity index (χ0) is 18.2. The highest BCUT2D eigenvalue weighted by Crippen LogP contribution is 2.25. The van der Waals surface area contributed by atoms with Crippen LogP contribution in [0.25, 0.3) is 0 Å². The lowest BCUT2D eigenvalue weighted by Gasteiger charge is -2.36. The molecule has 0 radical (unpaired) electrons. The Hall–Kier alpha value is -2.20. The van der Waals surface area contributed by atoms with Crippen molar-refractivity contribution in [1.82, 2.24) is 19.2 Å². The van der Waals surface area contributed by atoms with Crippen molar-refractivity contribution >= 4 is 21.7 Å². The molecule has 0 saturated carbocycles. The molecular formula is C15H21N5O4S. The smallest absolute Gasteiger partial charge is 0.246 e. The van der Waals surface area contributed by atoms with E-state index >= 15 is 0 Å². The number of carbonyl (C=O) groups is 1. The summed E-state index contributed by atoms with van der Waals surface area (Å²) in [7, 11) is -1.86. The quantitative estimate of drug-likeness (QED) is 0.770. The van der Waals surface area contributed by atoms with Crippen molar-refractivity contribution in [3.05, 3.63) is 29.8 Å². The van der Waals surface area contributed by atoms with E-state index in [1.807, 2.05) is 0 Å². The van der Waals surface area contributed by atoms with Gasteiger partial charge < -0.3 is 4.52 Å². The van der Waals surface area contributed by atoms with Gasteiger partial charge in [-0.2, -0.15) is 9.40 Å². The number of hydrogen-bond acceptors (Lipinski definition) is 6. The van der Waals surface area contributed by atoms with Gasteiger partial charge in [-0.25, -0.2) is 8.42 Å². The van der Waals surface area contributed by atoms with E-state index in [2.05, 4.69) is 10.3 Å². The second kappa shape index (κ2) is 6.60. The van der Waals surface area contributed by atoms with Gasteiger partial charge in [-0.15, -0.1) is 0 Å². The molecule has 0 aromatic carbocycles. The monoisotopic (exact) mass is 367 g/mol. The molecule has 2 aromatic heterocycles. The minimum atomic E-state index is -3.61. The lowest BCUT2D eigenvalue weighted by Crippen LogP contribution is -2.54. The van der Waals surface area contributed by atoms with Gasteiger partial charge in [0.05, 0.1) is 24.7 Å². The molecule has 25 heavy (non-hydrogen) atoms. The van der Waals surface area contributed by atoms with Gasteiger partial charge in [-0.05, 0) is 19.8 Å². The fourth-order valence-electron chi connectivity index (χ4n) is 3.09. The molecule has 3 rings (SSSR count). The minimum absolute atomic E-state index is 0.00576. The molecule has 3 heterocycles. The number of anilines is 1. The molecule has 0 bridgehead atoms. The van der Waals surface area contributed by atoms with Gasteiger partial charge in [0.15, 0.2) is 0 Å². The maximum Gasteiger partial charge on any atom is 0.246 e. The van der Waals surface area contributed by atoms with Crippen molar-refractivity contribution < 1.29 is 17.7 Å². The van der Waals surface area contributed by atoms with Crippen molar-refractivity contribution in [2.75, 3.05) is 17.7 Å². The van der Waals surface area contributed by atoms with Crippen LogP contribution < -0.4 is 4.90 Å². The van der Waals surface area contributed by atoms with Crippen LogP contribution in [0.1, 0.15) is 24.3 Å². The number of carbonyl (C=O) groups excluding carboxylic acids is 1. The molecule has 9 nitrogen and oxygen atoms in total. The Balaban J connectivity index is 1.90. The number of piperidine rings is 1. The van der Waals surface area contributed by atoms with Gasteiger partial charge in [0, 0.05) is 25.7 Å². The van der Waals surface area contributed by atoms with Crippen LogP contribution in [0.2, 0.25) is 0 Å². The molecule has 0 aliphatic carbocycles. The first kappa shape index (κ1) is 17.6. The molecular weight excluding hydrogens is 346 g/mol. The average molecular weight is 367 g/mol. The fraction of sp³-hybridized carbons (Fsp3) is 0.533. The van der Waals surface area contributed by atoms with Crippen LogP contribution >= 0.6 is 0 Å². The molecule has 1 fully saturated rings. The van der Waals surface area contributed by atoms with Crippen LogP contribution in [0.5, 0.6) is 0 Å². The van der Waals surface area contributed by atoms with Crippen molar-refractivity contribution in [2.45, 2.75) is 32.4 Å². The minimum Gasteiger partial charge on any atom is -0.361 e. The number of amides is 1. The fourth-order valence-corrected chi connectivity index (χ4v) is 4.12. The third-order valence-electron chi connectivity index (χ3n) is 4.25. The van der Waals surface area contributed by atoms with Crippen LogP contribution in [0.15, 0.2) is 22.9 Å². The molecule has 0 N–H and O–H groups in total. The Morgan fingerprint density at radius 1 is 1.44 bits per heavy atom. The van der Waals surface area contributed by atoms with Crippen LogP contribution in [0, 0.1) is 6.92 Å². The van der Waals surface area contributed by atoms with E-state index in [9.17, 15) is 13.2 Å². The van der Waals surface area contributed by atoms with Gasteiger partial charge in [-0.3, -0.25) is 14.4 Å². The SMILES string of the molecule is Cc1cc(CN([C@@H]2CCCN(c3ccnn3C)C2=O)S(C)(=O)=O)no1. The van der Waals surface area contributed by atoms with E-state index in [4.69, 9.17) is 4.52 Å². The summed E-state index contributed by atoms with van der Waals surface area (Å²) in [5.74, 6) is 0.996. The first-order valence-electron chi connectivity index (χ1n) is 7.96. The summed E-state index contributed by atoms with van der Waals surface area (Å²) in [5, 5.41) is 7.94. The topological polar surface area (TPSA) is 102 Å². The van der Waals surface area contributed by atoms with E-state index in [0.29, 0.717) is 36.7 Å². The Kier molecular flexibility index (Phi) is 4.65. The number of nitrogens with zero attached hydrogens (tertiary/aromatic N) is 5. The summed E-state index contributed by atoms with van der Waals surface area (Å²) in [6, 6.07) is 2.65. The zero-order valence-corrected chi connectivity index (χ0v) is 15.2. The molecule has 10 heteroatoms. The maximum atomic E-state index is 13.0. The van der Waals surface area contributed by atoms with Crippen LogP contribution in [0.4, 0.5) is 5.82 Å². The molecule has 2 aromatic rings. The summed E-state index contributed by atoms with van der Waals surface area (Å²) < 4.78 is 32.5. The largest absolute Gasteiger partial charge is 0.361 e. The first-order chi connectivity index (χ1) is 11.8. The second-order valence-corrected chi connectivity index (χ2v) is 8.13. The van der Waals surface area contributed by atoms with E-state index in [-0.39, 0.29) is 12.5 Å². The molecule has 0 spiro atoms. The molecule has 1 aliphatic heterocycles. The highest BCUT2D eigenvalue weighted by molar-refractivity contribution is 7.88. The highest BCUT2D eigenvalue weighted by Gasteiger charge is 2.39. The maximum absolute atomic E-state index is 13.0. The van der Waals surface area contributed by atoms with Crippen LogP contribution in [-0.4, -0.2) is 52.4 Å². The van der Waals surface area contributed by atoms with Gasteiger partial charge >= 0.3 is 0 Å². The summed E-state index contributed by atoms with van der Waals surface area (Å²) in [4.78, 5) is 14.6. The Labute approximate surface area is 146 Å². The van der Waals surface area contributed by atoms with E-state index < -0.39 is 16.1 Å². The highest BCUT2D eigenvalue weighted by atomic mass is 32.2. The van der Waals surface area contributed by atoms with E-state index in [1.54, 1.807) is 41.9 Å². The number of rotatable bonds is 5. The summed E-state index contributed by atoms with van der Waals surface area (Å²) in [6.07, 6.45) is 3.89. The van der Waals surface area contributed by atoms with E-state index in [1.165, 1.54) is 4.31 Å². The van der Waals surface area contributed by atoms with Crippen LogP contribution in [0.3, 0.4) is 0 Å². The molecule has 1 aliphatic rings. The predicted molar refractivity (Wildman–Crippen MR) is 90.2 cm³/mol. The average Bonchev–Trinajstić information content (AvgIpc) is 3.13. The van der Waals surface area contributed by atoms with Crippen molar-refractivity contribution in [3.8, 4) is 0 Å². The molecule has 1 saturated heterocycles. The van der Waals surface area contributed by atoms with Gasteiger partial charge in [0.1, 0.15) is 17.6 Å². The van der Waals surface area contributed by atoms with E-state index in [0.717, 1.165) is 6.26 Å². The third-order valence-corrected chi connectivity index (χ3v) is 5.49. The molecule has 136 valence electrons. The normalized spacial score (nSPS) is 19.0. The zero-order valence-electron chi connectivity index (χ0n) is 14.4. The number of sulfonamides is 1. The lowest BCUT2D eigenvalue weighted by molar-refractivity contribution is -0.123. The second-order valence-electron chi connectivity index (χ2n) is 6.20. The van der Waals surface area contributed by atoms with Crippen LogP contribution in [-0.2, 0) is 28.4 Å². The Morgan fingerprint density at radius 2 is 2.20 bits per heavy atom. The number of hydrogen-bond donors (Lipinski definition) is 0.